The van der Waals surface area contributed by atoms with E-state index in [1.807, 2.05) is 0 Å². The van der Waals surface area contributed by atoms with E-state index in [9.17, 15) is 13.2 Å². The van der Waals surface area contributed by atoms with Gasteiger partial charge in [0.15, 0.2) is 0 Å². The number of hydrogen-bond acceptors (Lipinski definition) is 3. The average molecular weight is 192 g/mol. The van der Waals surface area contributed by atoms with Gasteiger partial charge >= 0.3 is 0 Å². The molecular formula is C6H12N2O3S. The van der Waals surface area contributed by atoms with Crippen molar-refractivity contribution in [2.75, 3.05) is 12.3 Å². The molecule has 1 atom stereocenters. The van der Waals surface area contributed by atoms with Crippen LogP contribution in [0.25, 0.3) is 0 Å². The topological polar surface area (TPSA) is 75.3 Å². The Morgan fingerprint density at radius 1 is 1.50 bits per heavy atom. The number of rotatable bonds is 0. The van der Waals surface area contributed by atoms with Gasteiger partial charge in [0.1, 0.15) is 0 Å². The molecule has 1 fully saturated rings. The Hall–Kier alpha value is -0.620. The highest BCUT2D eigenvalue weighted by Crippen LogP contribution is 1.96. The number of hydrogen-bond donors (Lipinski definition) is 2. The van der Waals surface area contributed by atoms with Crippen LogP contribution in [0.5, 0.6) is 0 Å². The summed E-state index contributed by atoms with van der Waals surface area (Å²) in [5.74, 6) is -0.185. The molecule has 0 unspecified atom stereocenters. The number of nitrogens with one attached hydrogen (secondary N) is 2. The molecule has 70 valence electrons. The van der Waals surface area contributed by atoms with E-state index in [2.05, 4.69) is 10.0 Å². The van der Waals surface area contributed by atoms with Crippen molar-refractivity contribution in [3.05, 3.63) is 0 Å². The first-order valence-corrected chi connectivity index (χ1v) is 5.44. The van der Waals surface area contributed by atoms with E-state index in [4.69, 9.17) is 0 Å². The fourth-order valence-corrected chi connectivity index (χ4v) is 2.30. The molecule has 1 rings (SSSR count). The van der Waals surface area contributed by atoms with E-state index < -0.39 is 16.1 Å². The Labute approximate surface area is 71.6 Å². The van der Waals surface area contributed by atoms with E-state index in [1.54, 1.807) is 0 Å². The number of carbonyl (C=O) groups excluding carboxylic acids is 1. The van der Waals surface area contributed by atoms with Crippen LogP contribution in [0.15, 0.2) is 0 Å². The Kier molecular flexibility index (Phi) is 2.69. The molecule has 0 aromatic rings. The minimum absolute atomic E-state index is 0.0810. The molecule has 6 heteroatoms. The lowest BCUT2D eigenvalue weighted by Gasteiger charge is -2.17. The highest BCUT2D eigenvalue weighted by molar-refractivity contribution is 7.89. The van der Waals surface area contributed by atoms with Crippen LogP contribution < -0.4 is 10.0 Å². The summed E-state index contributed by atoms with van der Waals surface area (Å²) in [4.78, 5) is 11.0. The van der Waals surface area contributed by atoms with Crippen LogP contribution in [-0.2, 0) is 14.8 Å². The molecule has 0 bridgehead atoms. The first-order chi connectivity index (χ1) is 5.51. The second-order valence-corrected chi connectivity index (χ2v) is 4.68. The Morgan fingerprint density at radius 3 is 2.83 bits per heavy atom. The van der Waals surface area contributed by atoms with Crippen LogP contribution in [0.2, 0.25) is 0 Å². The van der Waals surface area contributed by atoms with Crippen molar-refractivity contribution in [2.45, 2.75) is 19.4 Å². The van der Waals surface area contributed by atoms with Crippen molar-refractivity contribution in [3.8, 4) is 0 Å². The van der Waals surface area contributed by atoms with Gasteiger partial charge in [-0.15, -0.1) is 0 Å². The van der Waals surface area contributed by atoms with Crippen molar-refractivity contribution < 1.29 is 13.2 Å². The molecule has 1 heterocycles. The normalized spacial score (nSPS) is 30.1. The monoisotopic (exact) mass is 192 g/mol. The van der Waals surface area contributed by atoms with E-state index >= 15 is 0 Å². The molecule has 1 aliphatic heterocycles. The number of carbonyl (C=O) groups is 1. The van der Waals surface area contributed by atoms with Gasteiger partial charge in [-0.1, -0.05) is 0 Å². The summed E-state index contributed by atoms with van der Waals surface area (Å²) < 4.78 is 24.4. The van der Waals surface area contributed by atoms with E-state index in [1.165, 1.54) is 6.92 Å². The third-order valence-corrected chi connectivity index (χ3v) is 3.18. The van der Waals surface area contributed by atoms with Crippen LogP contribution in [0.3, 0.4) is 0 Å². The molecule has 0 aromatic carbocycles. The number of sulfonamides is 1. The molecule has 0 aliphatic carbocycles. The molecule has 1 amide bonds. The fourth-order valence-electron chi connectivity index (χ4n) is 1.01. The maximum atomic E-state index is 11.1. The Morgan fingerprint density at radius 2 is 2.17 bits per heavy atom. The summed E-state index contributed by atoms with van der Waals surface area (Å²) in [7, 11) is -3.24. The van der Waals surface area contributed by atoms with Crippen LogP contribution in [0.1, 0.15) is 13.3 Å². The van der Waals surface area contributed by atoms with Crippen LogP contribution in [0.4, 0.5) is 0 Å². The molecular weight excluding hydrogens is 180 g/mol. The van der Waals surface area contributed by atoms with Crippen LogP contribution in [0, 0.1) is 0 Å². The SMILES string of the molecule is C[C@@H]1NS(=O)(=O)CCCNC1=O. The molecule has 1 saturated heterocycles. The molecule has 0 spiro atoms. The highest BCUT2D eigenvalue weighted by atomic mass is 32.2. The zero-order chi connectivity index (χ0) is 9.19. The molecule has 0 radical (unpaired) electrons. The molecule has 0 saturated carbocycles. The average Bonchev–Trinajstić information content (AvgIpc) is 1.95. The van der Waals surface area contributed by atoms with E-state index in [0.29, 0.717) is 13.0 Å². The standard InChI is InChI=1S/C6H12N2O3S/c1-5-6(9)7-3-2-4-12(10,11)8-5/h5,8H,2-4H2,1H3,(H,7,9)/t5-/m0/s1. The lowest BCUT2D eigenvalue weighted by atomic mass is 10.3. The maximum Gasteiger partial charge on any atom is 0.237 e. The quantitative estimate of drug-likeness (QED) is 0.507. The Balaban J connectivity index is 2.72. The lowest BCUT2D eigenvalue weighted by Crippen LogP contribution is -2.48. The number of amides is 1. The predicted molar refractivity (Wildman–Crippen MR) is 44.0 cm³/mol. The van der Waals surface area contributed by atoms with E-state index in [-0.39, 0.29) is 11.7 Å². The summed E-state index contributed by atoms with van der Waals surface area (Å²) in [6, 6.07) is -0.657. The minimum atomic E-state index is -3.24. The van der Waals surface area contributed by atoms with Gasteiger partial charge in [-0.2, -0.15) is 0 Å². The van der Waals surface area contributed by atoms with E-state index in [0.717, 1.165) is 0 Å². The lowest BCUT2D eigenvalue weighted by molar-refractivity contribution is -0.122. The van der Waals surface area contributed by atoms with Gasteiger partial charge in [0.05, 0.1) is 11.8 Å². The van der Waals surface area contributed by atoms with Gasteiger partial charge < -0.3 is 5.32 Å². The largest absolute Gasteiger partial charge is 0.355 e. The maximum absolute atomic E-state index is 11.1. The highest BCUT2D eigenvalue weighted by Gasteiger charge is 2.21. The zero-order valence-electron chi connectivity index (χ0n) is 6.83. The first-order valence-electron chi connectivity index (χ1n) is 3.79. The first kappa shape index (κ1) is 9.47. The van der Waals surface area contributed by atoms with Crippen molar-refractivity contribution in [1.29, 1.82) is 0 Å². The summed E-state index contributed by atoms with van der Waals surface area (Å²) in [5, 5.41) is 2.61. The van der Waals surface area contributed by atoms with Crippen molar-refractivity contribution in [1.82, 2.24) is 10.0 Å². The van der Waals surface area contributed by atoms with Gasteiger partial charge in [0.25, 0.3) is 0 Å². The second-order valence-electron chi connectivity index (χ2n) is 2.80. The van der Waals surface area contributed by atoms with Gasteiger partial charge in [0, 0.05) is 6.54 Å². The van der Waals surface area contributed by atoms with Gasteiger partial charge in [-0.05, 0) is 13.3 Å². The summed E-state index contributed by atoms with van der Waals surface area (Å²) >= 11 is 0. The van der Waals surface area contributed by atoms with Gasteiger partial charge in [-0.25, -0.2) is 13.1 Å². The van der Waals surface area contributed by atoms with Crippen LogP contribution in [-0.4, -0.2) is 32.7 Å². The summed E-state index contributed by atoms with van der Waals surface area (Å²) in [6.45, 7) is 1.96. The summed E-state index contributed by atoms with van der Waals surface area (Å²) in [5.41, 5.74) is 0. The van der Waals surface area contributed by atoms with Crippen molar-refractivity contribution in [3.63, 3.8) is 0 Å². The smallest absolute Gasteiger partial charge is 0.237 e. The molecule has 2 N–H and O–H groups in total. The summed E-state index contributed by atoms with van der Waals surface area (Å²) in [6.07, 6.45) is 0.466. The predicted octanol–water partition coefficient (Wildman–Crippen LogP) is -1.19. The third kappa shape index (κ3) is 2.46. The van der Waals surface area contributed by atoms with Gasteiger partial charge in [0.2, 0.25) is 15.9 Å². The van der Waals surface area contributed by atoms with Crippen molar-refractivity contribution in [2.24, 2.45) is 0 Å². The third-order valence-electron chi connectivity index (χ3n) is 1.64. The fraction of sp³-hybridized carbons (Fsp3) is 0.833. The molecule has 12 heavy (non-hydrogen) atoms. The van der Waals surface area contributed by atoms with Gasteiger partial charge in [-0.3, -0.25) is 4.79 Å². The molecule has 0 aromatic heterocycles. The Bertz CT molecular complexity index is 273. The van der Waals surface area contributed by atoms with Crippen LogP contribution >= 0.6 is 0 Å². The molecule has 1 aliphatic rings. The zero-order valence-corrected chi connectivity index (χ0v) is 7.65. The molecule has 5 nitrogen and oxygen atoms in total. The minimum Gasteiger partial charge on any atom is -0.355 e. The van der Waals surface area contributed by atoms with Crippen molar-refractivity contribution >= 4 is 15.9 Å². The second kappa shape index (κ2) is 3.40.